The molecule has 0 bridgehead atoms. The molecule has 0 fully saturated rings. The van der Waals surface area contributed by atoms with E-state index in [0.29, 0.717) is 5.52 Å². The van der Waals surface area contributed by atoms with Crippen LogP contribution in [0.3, 0.4) is 0 Å². The van der Waals surface area contributed by atoms with Crippen LogP contribution < -0.4 is 11.1 Å². The number of aromatic hydroxyl groups is 1. The van der Waals surface area contributed by atoms with Crippen LogP contribution >= 0.6 is 0 Å². The minimum absolute atomic E-state index is 0.00792. The lowest BCUT2D eigenvalue weighted by atomic mass is 10.1. The van der Waals surface area contributed by atoms with Gasteiger partial charge in [-0.3, -0.25) is 19.5 Å². The van der Waals surface area contributed by atoms with Gasteiger partial charge in [0.15, 0.2) is 11.3 Å². The summed E-state index contributed by atoms with van der Waals surface area (Å²) in [5.41, 5.74) is 0.247. The predicted molar refractivity (Wildman–Crippen MR) is 104 cm³/mol. The highest BCUT2D eigenvalue weighted by Gasteiger charge is 2.17. The smallest absolute Gasteiger partial charge is 0.419 e. The van der Waals surface area contributed by atoms with Gasteiger partial charge in [-0.15, -0.1) is 0 Å². The number of nitrogens with zero attached hydrogens (tertiary/aromatic N) is 2. The van der Waals surface area contributed by atoms with Crippen LogP contribution in [0.1, 0.15) is 23.2 Å². The average molecular weight is 415 g/mol. The molecule has 0 saturated heterocycles. The minimum atomic E-state index is -0.741. The second-order valence-electron chi connectivity index (χ2n) is 6.27. The van der Waals surface area contributed by atoms with Gasteiger partial charge in [0, 0.05) is 19.0 Å². The molecule has 11 heteroatoms. The summed E-state index contributed by atoms with van der Waals surface area (Å²) in [7, 11) is 1.17. The molecule has 1 heterocycles. The van der Waals surface area contributed by atoms with E-state index in [9.17, 15) is 29.6 Å². The number of anilines is 1. The number of carbonyl (C=O) groups excluding carboxylic acids is 2. The Hall–Kier alpha value is -4.15. The first-order valence-electron chi connectivity index (χ1n) is 8.79. The SMILES string of the molecule is COC(=O)c1cccc(NC(=O)CCCn2c(=O)oc3cc([N+](=O)[O-])ccc32)c1O. The van der Waals surface area contributed by atoms with E-state index in [1.165, 1.54) is 42.0 Å². The Balaban J connectivity index is 1.65. The molecule has 1 aromatic heterocycles. The highest BCUT2D eigenvalue weighted by atomic mass is 16.6. The van der Waals surface area contributed by atoms with Crippen LogP contribution in [-0.4, -0.2) is 33.6 Å². The summed E-state index contributed by atoms with van der Waals surface area (Å²) in [5.74, 6) is -2.27. The van der Waals surface area contributed by atoms with Crippen LogP contribution in [0.2, 0.25) is 0 Å². The number of benzene rings is 2. The van der Waals surface area contributed by atoms with Crippen molar-refractivity contribution in [2.45, 2.75) is 19.4 Å². The van der Waals surface area contributed by atoms with Crippen molar-refractivity contribution in [2.75, 3.05) is 12.4 Å². The lowest BCUT2D eigenvalue weighted by Crippen LogP contribution is -2.17. The molecule has 2 N–H and O–H groups in total. The summed E-state index contributed by atoms with van der Waals surface area (Å²) in [6.45, 7) is 0.144. The number of nitrogens with one attached hydrogen (secondary N) is 1. The van der Waals surface area contributed by atoms with E-state index in [-0.39, 0.29) is 41.9 Å². The van der Waals surface area contributed by atoms with Gasteiger partial charge in [0.05, 0.1) is 29.3 Å². The van der Waals surface area contributed by atoms with Crippen molar-refractivity contribution >= 4 is 34.4 Å². The number of ether oxygens (including phenoxy) is 1. The number of carbonyl (C=O) groups is 2. The number of fused-ring (bicyclic) bond motifs is 1. The van der Waals surface area contributed by atoms with Gasteiger partial charge in [-0.05, 0) is 24.6 Å². The van der Waals surface area contributed by atoms with E-state index in [0.717, 1.165) is 6.07 Å². The van der Waals surface area contributed by atoms with Gasteiger partial charge in [0.2, 0.25) is 5.91 Å². The summed E-state index contributed by atoms with van der Waals surface area (Å²) >= 11 is 0. The maximum absolute atomic E-state index is 12.2. The highest BCUT2D eigenvalue weighted by Crippen LogP contribution is 2.28. The lowest BCUT2D eigenvalue weighted by molar-refractivity contribution is -0.384. The lowest BCUT2D eigenvalue weighted by Gasteiger charge is -2.10. The van der Waals surface area contributed by atoms with E-state index < -0.39 is 28.3 Å². The van der Waals surface area contributed by atoms with E-state index in [1.54, 1.807) is 0 Å². The Morgan fingerprint density at radius 2 is 2.07 bits per heavy atom. The first-order valence-corrected chi connectivity index (χ1v) is 8.79. The quantitative estimate of drug-likeness (QED) is 0.258. The van der Waals surface area contributed by atoms with Gasteiger partial charge >= 0.3 is 11.7 Å². The third kappa shape index (κ3) is 4.14. The summed E-state index contributed by atoms with van der Waals surface area (Å²) in [4.78, 5) is 46.0. The van der Waals surface area contributed by atoms with E-state index in [1.807, 2.05) is 0 Å². The van der Waals surface area contributed by atoms with Gasteiger partial charge in [0.25, 0.3) is 5.69 Å². The molecule has 1 amide bonds. The van der Waals surface area contributed by atoms with Crippen LogP contribution in [0.5, 0.6) is 5.75 Å². The molecule has 30 heavy (non-hydrogen) atoms. The molecule has 0 aliphatic heterocycles. The summed E-state index contributed by atoms with van der Waals surface area (Å²) in [6.07, 6.45) is 0.267. The number of rotatable bonds is 7. The fraction of sp³-hybridized carbons (Fsp3) is 0.211. The molecule has 11 nitrogen and oxygen atoms in total. The van der Waals surface area contributed by atoms with Crippen LogP contribution in [0.4, 0.5) is 11.4 Å². The zero-order chi connectivity index (χ0) is 21.8. The Morgan fingerprint density at radius 3 is 2.77 bits per heavy atom. The Labute approximate surface area is 168 Å². The molecule has 0 spiro atoms. The number of hydrogen-bond donors (Lipinski definition) is 2. The maximum atomic E-state index is 12.2. The highest BCUT2D eigenvalue weighted by molar-refractivity contribution is 5.98. The monoisotopic (exact) mass is 415 g/mol. The summed E-state index contributed by atoms with van der Waals surface area (Å²) in [5, 5.41) is 23.4. The molecule has 0 atom stereocenters. The standard InChI is InChI=1S/C19H17N3O8/c1-29-18(25)12-4-2-5-13(17(12)24)20-16(23)6-3-9-21-14-8-7-11(22(27)28)10-15(14)30-19(21)26/h2,4-5,7-8,10,24H,3,6,9H2,1H3,(H,20,23). The van der Waals surface area contributed by atoms with Gasteiger partial charge in [0.1, 0.15) is 5.56 Å². The van der Waals surface area contributed by atoms with Crippen molar-refractivity contribution in [3.8, 4) is 5.75 Å². The first kappa shape index (κ1) is 20.6. The number of oxazole rings is 1. The fourth-order valence-corrected chi connectivity index (χ4v) is 2.91. The van der Waals surface area contributed by atoms with Gasteiger partial charge in [-0.2, -0.15) is 0 Å². The molecule has 0 radical (unpaired) electrons. The van der Waals surface area contributed by atoms with Crippen molar-refractivity contribution in [1.82, 2.24) is 4.57 Å². The number of aryl methyl sites for hydroxylation is 1. The van der Waals surface area contributed by atoms with Gasteiger partial charge < -0.3 is 19.6 Å². The summed E-state index contributed by atoms with van der Waals surface area (Å²) in [6, 6.07) is 8.11. The number of amides is 1. The second kappa shape index (κ2) is 8.47. The number of hydrogen-bond acceptors (Lipinski definition) is 8. The normalized spacial score (nSPS) is 10.7. The van der Waals surface area contributed by atoms with E-state index >= 15 is 0 Å². The van der Waals surface area contributed by atoms with Crippen LogP contribution in [-0.2, 0) is 16.1 Å². The molecular formula is C19H17N3O8. The molecule has 3 aromatic rings. The number of methoxy groups -OCH3 is 1. The van der Waals surface area contributed by atoms with Crippen LogP contribution in [0, 0.1) is 10.1 Å². The second-order valence-corrected chi connectivity index (χ2v) is 6.27. The molecule has 0 aliphatic rings. The molecular weight excluding hydrogens is 398 g/mol. The molecule has 0 saturated carbocycles. The van der Waals surface area contributed by atoms with Crippen molar-refractivity contribution < 1.29 is 28.8 Å². The first-order chi connectivity index (χ1) is 14.3. The number of aromatic nitrogens is 1. The summed E-state index contributed by atoms with van der Waals surface area (Å²) < 4.78 is 10.9. The Bertz CT molecular complexity index is 1190. The zero-order valence-corrected chi connectivity index (χ0v) is 15.8. The Kier molecular flexibility index (Phi) is 5.81. The molecule has 156 valence electrons. The number of nitro groups is 1. The average Bonchev–Trinajstić information content (AvgIpc) is 3.03. The van der Waals surface area contributed by atoms with E-state index in [4.69, 9.17) is 4.42 Å². The number of phenols is 1. The fourth-order valence-electron chi connectivity index (χ4n) is 2.91. The van der Waals surface area contributed by atoms with Crippen molar-refractivity contribution in [2.24, 2.45) is 0 Å². The molecule has 2 aromatic carbocycles. The third-order valence-electron chi connectivity index (χ3n) is 4.36. The van der Waals surface area contributed by atoms with E-state index in [2.05, 4.69) is 10.1 Å². The maximum Gasteiger partial charge on any atom is 0.419 e. The number of non-ortho nitro benzene ring substituents is 1. The Morgan fingerprint density at radius 1 is 1.30 bits per heavy atom. The third-order valence-corrected chi connectivity index (χ3v) is 4.36. The zero-order valence-electron chi connectivity index (χ0n) is 15.8. The van der Waals surface area contributed by atoms with Gasteiger partial charge in [-0.1, -0.05) is 6.07 Å². The van der Waals surface area contributed by atoms with Crippen LogP contribution in [0.25, 0.3) is 11.1 Å². The van der Waals surface area contributed by atoms with Crippen LogP contribution in [0.15, 0.2) is 45.6 Å². The van der Waals surface area contributed by atoms with Crippen molar-refractivity contribution in [3.63, 3.8) is 0 Å². The van der Waals surface area contributed by atoms with Crippen molar-refractivity contribution in [3.05, 3.63) is 62.6 Å². The number of para-hydroxylation sites is 1. The molecule has 3 rings (SSSR count). The van der Waals surface area contributed by atoms with Gasteiger partial charge in [-0.25, -0.2) is 9.59 Å². The van der Waals surface area contributed by atoms with Crippen molar-refractivity contribution in [1.29, 1.82) is 0 Å². The number of esters is 1. The number of nitro benzene ring substituents is 1. The number of phenolic OH excluding ortho intramolecular Hbond substituents is 1. The largest absolute Gasteiger partial charge is 0.505 e. The topological polar surface area (TPSA) is 154 Å². The molecule has 0 aliphatic carbocycles. The minimum Gasteiger partial charge on any atom is -0.505 e. The predicted octanol–water partition coefficient (Wildman–Crippen LogP) is 2.41. The molecule has 0 unspecified atom stereocenters.